The van der Waals surface area contributed by atoms with Crippen LogP contribution >= 0.6 is 0 Å². The molecule has 0 spiro atoms. The summed E-state index contributed by atoms with van der Waals surface area (Å²) in [5.74, 6) is 0.477. The Balaban J connectivity index is 1.51. The van der Waals surface area contributed by atoms with Gasteiger partial charge in [-0.25, -0.2) is 4.68 Å². The fraction of sp³-hybridized carbons (Fsp3) is 0.750. The lowest BCUT2D eigenvalue weighted by atomic mass is 9.93. The average Bonchev–Trinajstić information content (AvgIpc) is 2.69. The molecule has 1 N–H and O–H groups in total. The summed E-state index contributed by atoms with van der Waals surface area (Å²) < 4.78 is 6.43. The Morgan fingerprint density at radius 2 is 2.07 bits per heavy atom. The Hall–Kier alpha value is -1.93. The number of carbonyl (C=O) groups is 1. The zero-order valence-corrected chi connectivity index (χ0v) is 17.1. The standard InChI is InChI=1S/C20H33N5O3/c1-23-8-5-17(6-9-23)22-19(26)12-16-4-3-7-24(15-16)18-13-20(27)25(21-14-18)10-11-28-2/h13-14,16-17H,3-12,15H2,1-2H3,(H,22,26). The highest BCUT2D eigenvalue weighted by atomic mass is 16.5. The number of rotatable bonds is 7. The normalized spacial score (nSPS) is 21.6. The number of ether oxygens (including phenoxy) is 1. The third-order valence-electron chi connectivity index (χ3n) is 5.80. The monoisotopic (exact) mass is 391 g/mol. The minimum absolute atomic E-state index is 0.114. The first-order valence-corrected chi connectivity index (χ1v) is 10.3. The minimum atomic E-state index is -0.114. The van der Waals surface area contributed by atoms with Crippen LogP contribution in [0.25, 0.3) is 0 Å². The highest BCUT2D eigenvalue weighted by Gasteiger charge is 2.25. The van der Waals surface area contributed by atoms with E-state index < -0.39 is 0 Å². The van der Waals surface area contributed by atoms with Gasteiger partial charge in [0.25, 0.3) is 5.56 Å². The minimum Gasteiger partial charge on any atom is -0.383 e. The SMILES string of the molecule is COCCn1ncc(N2CCCC(CC(=O)NC3CCN(C)CC3)C2)cc1=O. The molecule has 2 aliphatic rings. The molecule has 1 aromatic heterocycles. The highest BCUT2D eigenvalue weighted by Crippen LogP contribution is 2.24. The Labute approximate surface area is 166 Å². The first-order chi connectivity index (χ1) is 13.5. The molecule has 0 saturated carbocycles. The molecule has 2 fully saturated rings. The van der Waals surface area contributed by atoms with E-state index in [0.29, 0.717) is 31.5 Å². The van der Waals surface area contributed by atoms with Crippen molar-refractivity contribution in [3.63, 3.8) is 0 Å². The van der Waals surface area contributed by atoms with E-state index in [1.165, 1.54) is 4.68 Å². The molecule has 28 heavy (non-hydrogen) atoms. The van der Waals surface area contributed by atoms with Crippen LogP contribution in [0, 0.1) is 5.92 Å². The van der Waals surface area contributed by atoms with Crippen molar-refractivity contribution in [2.75, 3.05) is 51.8 Å². The number of nitrogens with zero attached hydrogens (tertiary/aromatic N) is 4. The molecule has 1 amide bonds. The molecule has 0 aliphatic carbocycles. The topological polar surface area (TPSA) is 79.7 Å². The largest absolute Gasteiger partial charge is 0.383 e. The Morgan fingerprint density at radius 3 is 2.79 bits per heavy atom. The highest BCUT2D eigenvalue weighted by molar-refractivity contribution is 5.76. The number of anilines is 1. The van der Waals surface area contributed by atoms with Crippen molar-refractivity contribution in [3.8, 4) is 0 Å². The van der Waals surface area contributed by atoms with Crippen molar-refractivity contribution in [1.29, 1.82) is 0 Å². The zero-order valence-electron chi connectivity index (χ0n) is 17.1. The molecule has 1 aromatic rings. The summed E-state index contributed by atoms with van der Waals surface area (Å²) in [7, 11) is 3.73. The molecule has 3 rings (SSSR count). The Kier molecular flexibility index (Phi) is 7.44. The summed E-state index contributed by atoms with van der Waals surface area (Å²) in [4.78, 5) is 29.2. The number of likely N-dealkylation sites (tertiary alicyclic amines) is 1. The summed E-state index contributed by atoms with van der Waals surface area (Å²) >= 11 is 0. The van der Waals surface area contributed by atoms with Crippen molar-refractivity contribution in [2.24, 2.45) is 5.92 Å². The van der Waals surface area contributed by atoms with Crippen molar-refractivity contribution < 1.29 is 9.53 Å². The first kappa shape index (κ1) is 20.8. The maximum absolute atomic E-state index is 12.5. The van der Waals surface area contributed by atoms with Crippen LogP contribution in [-0.4, -0.2) is 73.6 Å². The molecule has 0 aromatic carbocycles. The van der Waals surface area contributed by atoms with E-state index in [4.69, 9.17) is 4.74 Å². The van der Waals surface area contributed by atoms with Crippen LogP contribution in [0.4, 0.5) is 5.69 Å². The van der Waals surface area contributed by atoms with Crippen molar-refractivity contribution in [1.82, 2.24) is 20.0 Å². The summed E-state index contributed by atoms with van der Waals surface area (Å²) in [5.41, 5.74) is 0.732. The number of amides is 1. The van der Waals surface area contributed by atoms with Gasteiger partial charge in [-0.2, -0.15) is 5.10 Å². The second-order valence-electron chi connectivity index (χ2n) is 8.07. The van der Waals surface area contributed by atoms with E-state index in [-0.39, 0.29) is 11.5 Å². The number of aromatic nitrogens is 2. The van der Waals surface area contributed by atoms with Gasteiger partial charge in [-0.15, -0.1) is 0 Å². The summed E-state index contributed by atoms with van der Waals surface area (Å²) in [5, 5.41) is 7.48. The second-order valence-corrected chi connectivity index (χ2v) is 8.07. The van der Waals surface area contributed by atoms with Crippen LogP contribution in [0.1, 0.15) is 32.1 Å². The summed E-state index contributed by atoms with van der Waals surface area (Å²) in [6.45, 7) is 4.70. The zero-order chi connectivity index (χ0) is 19.9. The number of nitrogens with one attached hydrogen (secondary N) is 1. The molecule has 2 saturated heterocycles. The van der Waals surface area contributed by atoms with Gasteiger partial charge in [-0.1, -0.05) is 0 Å². The second kappa shape index (κ2) is 10.0. The van der Waals surface area contributed by atoms with Crippen molar-refractivity contribution in [2.45, 2.75) is 44.7 Å². The molecule has 8 nitrogen and oxygen atoms in total. The van der Waals surface area contributed by atoms with E-state index in [0.717, 1.165) is 57.5 Å². The molecule has 2 aliphatic heterocycles. The number of methoxy groups -OCH3 is 1. The Morgan fingerprint density at radius 1 is 1.29 bits per heavy atom. The summed E-state index contributed by atoms with van der Waals surface area (Å²) in [6, 6.07) is 1.95. The Bertz CT molecular complexity index is 699. The number of hydrogen-bond donors (Lipinski definition) is 1. The van der Waals surface area contributed by atoms with Crippen LogP contribution < -0.4 is 15.8 Å². The lowest BCUT2D eigenvalue weighted by molar-refractivity contribution is -0.123. The van der Waals surface area contributed by atoms with E-state index in [2.05, 4.69) is 27.3 Å². The van der Waals surface area contributed by atoms with Gasteiger partial charge >= 0.3 is 0 Å². The van der Waals surface area contributed by atoms with Gasteiger partial charge in [0.05, 0.1) is 25.0 Å². The quantitative estimate of drug-likeness (QED) is 0.737. The molecule has 8 heteroatoms. The van der Waals surface area contributed by atoms with Gasteiger partial charge in [0, 0.05) is 38.7 Å². The molecular formula is C20H33N5O3. The molecule has 156 valence electrons. The van der Waals surface area contributed by atoms with Gasteiger partial charge in [-0.3, -0.25) is 9.59 Å². The van der Waals surface area contributed by atoms with E-state index in [1.54, 1.807) is 19.4 Å². The van der Waals surface area contributed by atoms with Crippen LogP contribution in [-0.2, 0) is 16.1 Å². The smallest absolute Gasteiger partial charge is 0.268 e. The van der Waals surface area contributed by atoms with Crippen molar-refractivity contribution >= 4 is 11.6 Å². The lowest BCUT2D eigenvalue weighted by Crippen LogP contribution is -2.45. The van der Waals surface area contributed by atoms with Gasteiger partial charge < -0.3 is 19.9 Å². The number of piperidine rings is 2. The lowest BCUT2D eigenvalue weighted by Gasteiger charge is -2.34. The number of hydrogen-bond acceptors (Lipinski definition) is 6. The average molecular weight is 392 g/mol. The van der Waals surface area contributed by atoms with E-state index in [9.17, 15) is 9.59 Å². The number of carbonyl (C=O) groups excluding carboxylic acids is 1. The van der Waals surface area contributed by atoms with Crippen LogP contribution in [0.3, 0.4) is 0 Å². The van der Waals surface area contributed by atoms with Crippen LogP contribution in [0.15, 0.2) is 17.1 Å². The van der Waals surface area contributed by atoms with Gasteiger partial charge in [0.15, 0.2) is 0 Å². The van der Waals surface area contributed by atoms with Gasteiger partial charge in [-0.05, 0) is 51.7 Å². The van der Waals surface area contributed by atoms with Crippen molar-refractivity contribution in [3.05, 3.63) is 22.6 Å². The fourth-order valence-electron chi connectivity index (χ4n) is 4.11. The molecule has 0 bridgehead atoms. The van der Waals surface area contributed by atoms with Gasteiger partial charge in [0.2, 0.25) is 5.91 Å². The maximum atomic E-state index is 12.5. The van der Waals surface area contributed by atoms with E-state index >= 15 is 0 Å². The predicted octanol–water partition coefficient (Wildman–Crippen LogP) is 0.707. The maximum Gasteiger partial charge on any atom is 0.268 e. The summed E-state index contributed by atoms with van der Waals surface area (Å²) in [6.07, 6.45) is 6.45. The predicted molar refractivity (Wildman–Crippen MR) is 109 cm³/mol. The fourth-order valence-corrected chi connectivity index (χ4v) is 4.11. The third kappa shape index (κ3) is 5.78. The van der Waals surface area contributed by atoms with Crippen LogP contribution in [0.2, 0.25) is 0 Å². The molecule has 0 radical (unpaired) electrons. The van der Waals surface area contributed by atoms with Gasteiger partial charge in [0.1, 0.15) is 0 Å². The third-order valence-corrected chi connectivity index (χ3v) is 5.80. The molecule has 1 unspecified atom stereocenters. The molecular weight excluding hydrogens is 358 g/mol. The van der Waals surface area contributed by atoms with Crippen LogP contribution in [0.5, 0.6) is 0 Å². The van der Waals surface area contributed by atoms with E-state index in [1.807, 2.05) is 0 Å². The molecule has 1 atom stereocenters. The molecule has 3 heterocycles. The first-order valence-electron chi connectivity index (χ1n) is 10.3.